The number of aromatic nitrogens is 3. The van der Waals surface area contributed by atoms with Gasteiger partial charge in [-0.15, -0.1) is 0 Å². The van der Waals surface area contributed by atoms with E-state index in [4.69, 9.17) is 4.74 Å². The van der Waals surface area contributed by atoms with E-state index in [0.717, 1.165) is 4.60 Å². The first-order valence-corrected chi connectivity index (χ1v) is 5.78. The minimum Gasteiger partial charge on any atom is -0.424 e. The lowest BCUT2D eigenvalue weighted by Gasteiger charge is -2.12. The van der Waals surface area contributed by atoms with Gasteiger partial charge in [0.25, 0.3) is 0 Å². The molecule has 5 heteroatoms. The Labute approximate surface area is 102 Å². The Balaban J connectivity index is 2.29. The number of nitrogens with zero attached hydrogens (tertiary/aromatic N) is 3. The highest BCUT2D eigenvalue weighted by molar-refractivity contribution is 9.10. The number of halogens is 1. The van der Waals surface area contributed by atoms with Crippen molar-refractivity contribution in [3.63, 3.8) is 0 Å². The summed E-state index contributed by atoms with van der Waals surface area (Å²) in [7, 11) is 0. The summed E-state index contributed by atoms with van der Waals surface area (Å²) in [5, 5.41) is 0. The van der Waals surface area contributed by atoms with Crippen molar-refractivity contribution in [2.75, 3.05) is 0 Å². The molecule has 0 atom stereocenters. The molecule has 0 aliphatic heterocycles. The standard InChI is InChI=1S/C11H12BrN3O/c1-8(2)15-10(12)7-14-11(15)16-9-4-3-5-13-6-9/h3-8H,1-2H3. The lowest BCUT2D eigenvalue weighted by Crippen LogP contribution is -2.03. The van der Waals surface area contributed by atoms with Gasteiger partial charge in [0.05, 0.1) is 12.4 Å². The molecule has 4 nitrogen and oxygen atoms in total. The number of hydrogen-bond donors (Lipinski definition) is 0. The third-order valence-corrected chi connectivity index (χ3v) is 2.66. The van der Waals surface area contributed by atoms with E-state index < -0.39 is 0 Å². The molecule has 0 bridgehead atoms. The lowest BCUT2D eigenvalue weighted by molar-refractivity contribution is 0.392. The van der Waals surface area contributed by atoms with Gasteiger partial charge < -0.3 is 4.74 Å². The zero-order valence-electron chi connectivity index (χ0n) is 9.09. The molecule has 0 N–H and O–H groups in total. The van der Waals surface area contributed by atoms with Gasteiger partial charge in [-0.2, -0.15) is 0 Å². The average Bonchev–Trinajstić information content (AvgIpc) is 2.61. The van der Waals surface area contributed by atoms with Gasteiger partial charge in [0.2, 0.25) is 0 Å². The van der Waals surface area contributed by atoms with Gasteiger partial charge in [-0.25, -0.2) is 4.98 Å². The summed E-state index contributed by atoms with van der Waals surface area (Å²) in [6.45, 7) is 4.14. The van der Waals surface area contributed by atoms with Crippen LogP contribution in [0.4, 0.5) is 0 Å². The second-order valence-electron chi connectivity index (χ2n) is 3.62. The van der Waals surface area contributed by atoms with Crippen LogP contribution in [-0.4, -0.2) is 14.5 Å². The van der Waals surface area contributed by atoms with Crippen molar-refractivity contribution >= 4 is 15.9 Å². The van der Waals surface area contributed by atoms with Crippen LogP contribution in [-0.2, 0) is 0 Å². The second-order valence-corrected chi connectivity index (χ2v) is 4.43. The molecule has 84 valence electrons. The van der Waals surface area contributed by atoms with Crippen LogP contribution in [0.2, 0.25) is 0 Å². The van der Waals surface area contributed by atoms with Gasteiger partial charge in [-0.3, -0.25) is 9.55 Å². The van der Waals surface area contributed by atoms with E-state index in [9.17, 15) is 0 Å². The number of ether oxygens (including phenoxy) is 1. The predicted octanol–water partition coefficient (Wildman–Crippen LogP) is 3.41. The zero-order chi connectivity index (χ0) is 11.5. The van der Waals surface area contributed by atoms with Crippen LogP contribution in [0, 0.1) is 0 Å². The maximum absolute atomic E-state index is 5.65. The molecule has 0 aromatic carbocycles. The van der Waals surface area contributed by atoms with E-state index >= 15 is 0 Å². The third-order valence-electron chi connectivity index (χ3n) is 2.08. The number of imidazole rings is 1. The van der Waals surface area contributed by atoms with Gasteiger partial charge in [0.1, 0.15) is 10.4 Å². The van der Waals surface area contributed by atoms with Crippen LogP contribution in [0.3, 0.4) is 0 Å². The molecule has 0 aliphatic rings. The normalized spacial score (nSPS) is 10.8. The molecule has 2 aromatic rings. The molecule has 0 saturated carbocycles. The Bertz CT molecular complexity index is 467. The van der Waals surface area contributed by atoms with Gasteiger partial charge in [0.15, 0.2) is 0 Å². The van der Waals surface area contributed by atoms with E-state index in [1.54, 1.807) is 18.6 Å². The SMILES string of the molecule is CC(C)n1c(Br)cnc1Oc1cccnc1. The summed E-state index contributed by atoms with van der Waals surface area (Å²) in [6, 6.07) is 4.52. The van der Waals surface area contributed by atoms with Crippen molar-refractivity contribution in [1.29, 1.82) is 0 Å². The molecule has 2 heterocycles. The zero-order valence-corrected chi connectivity index (χ0v) is 10.7. The quantitative estimate of drug-likeness (QED) is 0.866. The highest BCUT2D eigenvalue weighted by Gasteiger charge is 2.12. The minimum absolute atomic E-state index is 0.281. The Morgan fingerprint density at radius 2 is 2.19 bits per heavy atom. The fourth-order valence-electron chi connectivity index (χ4n) is 1.38. The summed E-state index contributed by atoms with van der Waals surface area (Å²) < 4.78 is 8.52. The lowest BCUT2D eigenvalue weighted by atomic mass is 10.4. The molecule has 0 spiro atoms. The molecule has 0 saturated heterocycles. The van der Waals surface area contributed by atoms with Crippen LogP contribution < -0.4 is 4.74 Å². The van der Waals surface area contributed by atoms with Crippen LogP contribution in [0.25, 0.3) is 0 Å². The Kier molecular flexibility index (Phi) is 3.24. The van der Waals surface area contributed by atoms with Crippen molar-refractivity contribution < 1.29 is 4.74 Å². The first-order chi connectivity index (χ1) is 7.68. The predicted molar refractivity (Wildman–Crippen MR) is 64.6 cm³/mol. The number of pyridine rings is 1. The summed E-state index contributed by atoms with van der Waals surface area (Å²) in [4.78, 5) is 8.19. The highest BCUT2D eigenvalue weighted by Crippen LogP contribution is 2.27. The first-order valence-electron chi connectivity index (χ1n) is 4.99. The summed E-state index contributed by atoms with van der Waals surface area (Å²) in [5.41, 5.74) is 0. The van der Waals surface area contributed by atoms with Gasteiger partial charge in [-0.1, -0.05) is 0 Å². The van der Waals surface area contributed by atoms with Crippen molar-refractivity contribution in [2.24, 2.45) is 0 Å². The fourth-order valence-corrected chi connectivity index (χ4v) is 2.04. The largest absolute Gasteiger partial charge is 0.424 e. The molecular weight excluding hydrogens is 270 g/mol. The number of hydrogen-bond acceptors (Lipinski definition) is 3. The van der Waals surface area contributed by atoms with E-state index in [-0.39, 0.29) is 6.04 Å². The van der Waals surface area contributed by atoms with E-state index in [0.29, 0.717) is 11.8 Å². The smallest absolute Gasteiger partial charge is 0.303 e. The van der Waals surface area contributed by atoms with Crippen molar-refractivity contribution in [2.45, 2.75) is 19.9 Å². The monoisotopic (exact) mass is 281 g/mol. The van der Waals surface area contributed by atoms with E-state index in [1.165, 1.54) is 0 Å². The Morgan fingerprint density at radius 3 is 2.81 bits per heavy atom. The first kappa shape index (κ1) is 11.1. The Morgan fingerprint density at radius 1 is 1.38 bits per heavy atom. The van der Waals surface area contributed by atoms with Crippen molar-refractivity contribution in [3.8, 4) is 11.8 Å². The Hall–Kier alpha value is -1.36. The van der Waals surface area contributed by atoms with Gasteiger partial charge >= 0.3 is 6.01 Å². The van der Waals surface area contributed by atoms with Gasteiger partial charge in [-0.05, 0) is 41.9 Å². The second kappa shape index (κ2) is 4.65. The minimum atomic E-state index is 0.281. The van der Waals surface area contributed by atoms with Gasteiger partial charge in [0, 0.05) is 12.2 Å². The molecule has 2 aromatic heterocycles. The fraction of sp³-hybridized carbons (Fsp3) is 0.273. The van der Waals surface area contributed by atoms with Crippen molar-refractivity contribution in [3.05, 3.63) is 35.3 Å². The summed E-state index contributed by atoms with van der Waals surface area (Å²) >= 11 is 3.44. The summed E-state index contributed by atoms with van der Waals surface area (Å²) in [6.07, 6.45) is 5.09. The molecular formula is C11H12BrN3O. The number of rotatable bonds is 3. The van der Waals surface area contributed by atoms with E-state index in [2.05, 4.69) is 39.7 Å². The van der Waals surface area contributed by atoms with Crippen LogP contribution >= 0.6 is 15.9 Å². The average molecular weight is 282 g/mol. The maximum atomic E-state index is 5.65. The molecule has 16 heavy (non-hydrogen) atoms. The molecule has 0 unspecified atom stereocenters. The van der Waals surface area contributed by atoms with Crippen molar-refractivity contribution in [1.82, 2.24) is 14.5 Å². The molecule has 2 rings (SSSR count). The molecule has 0 radical (unpaired) electrons. The van der Waals surface area contributed by atoms with Crippen LogP contribution in [0.15, 0.2) is 35.3 Å². The van der Waals surface area contributed by atoms with Crippen LogP contribution in [0.5, 0.6) is 11.8 Å². The molecule has 0 fully saturated rings. The van der Waals surface area contributed by atoms with E-state index in [1.807, 2.05) is 16.7 Å². The molecule has 0 amide bonds. The molecule has 0 aliphatic carbocycles. The highest BCUT2D eigenvalue weighted by atomic mass is 79.9. The van der Waals surface area contributed by atoms with Crippen LogP contribution in [0.1, 0.15) is 19.9 Å². The summed E-state index contributed by atoms with van der Waals surface area (Å²) in [5.74, 6) is 0.683. The topological polar surface area (TPSA) is 39.9 Å². The third kappa shape index (κ3) is 2.24. The maximum Gasteiger partial charge on any atom is 0.303 e.